The van der Waals surface area contributed by atoms with Crippen LogP contribution in [0.15, 0.2) is 42.6 Å². The van der Waals surface area contributed by atoms with E-state index in [-0.39, 0.29) is 5.82 Å². The van der Waals surface area contributed by atoms with Crippen LogP contribution < -0.4 is 4.90 Å². The molecule has 0 unspecified atom stereocenters. The maximum absolute atomic E-state index is 13.1. The molecule has 6 heteroatoms. The smallest absolute Gasteiger partial charge is 0.147 e. The molecule has 0 N–H and O–H groups in total. The van der Waals surface area contributed by atoms with Crippen molar-refractivity contribution < 1.29 is 4.39 Å². The Morgan fingerprint density at radius 2 is 1.96 bits per heavy atom. The summed E-state index contributed by atoms with van der Waals surface area (Å²) in [5, 5.41) is 13.8. The zero-order chi connectivity index (χ0) is 17.4. The third kappa shape index (κ3) is 2.85. The highest BCUT2D eigenvalue weighted by Crippen LogP contribution is 2.29. The summed E-state index contributed by atoms with van der Waals surface area (Å²) >= 11 is 0. The fraction of sp³-hybridized carbons (Fsp3) is 0.211. The Balaban J connectivity index is 1.60. The molecule has 0 radical (unpaired) electrons. The normalized spacial score (nSPS) is 12.9. The van der Waals surface area contributed by atoms with Crippen molar-refractivity contribution >= 4 is 5.82 Å². The minimum atomic E-state index is -0.241. The molecule has 0 saturated carbocycles. The van der Waals surface area contributed by atoms with Crippen molar-refractivity contribution in [3.05, 3.63) is 76.5 Å². The molecule has 2 aromatic heterocycles. The van der Waals surface area contributed by atoms with Crippen LogP contribution in [0.4, 0.5) is 10.2 Å². The number of rotatable bonds is 3. The molecule has 124 valence electrons. The molecule has 25 heavy (non-hydrogen) atoms. The van der Waals surface area contributed by atoms with E-state index in [1.807, 2.05) is 29.9 Å². The second-order valence-electron chi connectivity index (χ2n) is 6.19. The summed E-state index contributed by atoms with van der Waals surface area (Å²) in [4.78, 5) is 6.64. The summed E-state index contributed by atoms with van der Waals surface area (Å²) in [6.07, 6.45) is 1.86. The molecule has 0 atom stereocenters. The fourth-order valence-corrected chi connectivity index (χ4v) is 3.13. The van der Waals surface area contributed by atoms with Gasteiger partial charge in [0, 0.05) is 17.8 Å². The molecule has 3 aromatic rings. The second-order valence-corrected chi connectivity index (χ2v) is 6.19. The Morgan fingerprint density at radius 1 is 1.16 bits per heavy atom. The number of pyridine rings is 1. The van der Waals surface area contributed by atoms with E-state index in [1.165, 1.54) is 12.1 Å². The monoisotopic (exact) mass is 333 g/mol. The molecular formula is C19H16FN5. The highest BCUT2D eigenvalue weighted by Gasteiger charge is 2.26. The van der Waals surface area contributed by atoms with E-state index in [0.717, 1.165) is 22.5 Å². The van der Waals surface area contributed by atoms with Gasteiger partial charge in [-0.3, -0.25) is 4.68 Å². The number of halogens is 1. The lowest BCUT2D eigenvalue weighted by atomic mass is 10.2. The van der Waals surface area contributed by atoms with Crippen LogP contribution in [0.3, 0.4) is 0 Å². The second kappa shape index (κ2) is 6.02. The summed E-state index contributed by atoms with van der Waals surface area (Å²) in [6, 6.07) is 12.3. The number of fused-ring (bicyclic) bond motifs is 1. The van der Waals surface area contributed by atoms with Crippen molar-refractivity contribution in [3.8, 4) is 6.07 Å². The van der Waals surface area contributed by atoms with Crippen molar-refractivity contribution in [1.82, 2.24) is 14.8 Å². The molecule has 0 fully saturated rings. The molecule has 1 aliphatic rings. The van der Waals surface area contributed by atoms with Gasteiger partial charge in [0.05, 0.1) is 30.5 Å². The number of aryl methyl sites for hydroxylation is 1. The van der Waals surface area contributed by atoms with E-state index in [1.54, 1.807) is 12.1 Å². The lowest BCUT2D eigenvalue weighted by Crippen LogP contribution is -2.19. The fourth-order valence-electron chi connectivity index (χ4n) is 3.13. The molecule has 5 nitrogen and oxygen atoms in total. The minimum absolute atomic E-state index is 0.241. The van der Waals surface area contributed by atoms with Crippen molar-refractivity contribution in [3.63, 3.8) is 0 Å². The van der Waals surface area contributed by atoms with Crippen LogP contribution in [-0.4, -0.2) is 14.8 Å². The predicted octanol–water partition coefficient (Wildman–Crippen LogP) is 3.17. The van der Waals surface area contributed by atoms with E-state index in [0.29, 0.717) is 31.0 Å². The van der Waals surface area contributed by atoms with Gasteiger partial charge in [-0.1, -0.05) is 12.1 Å². The summed E-state index contributed by atoms with van der Waals surface area (Å²) in [7, 11) is 0. The molecule has 1 aliphatic heterocycles. The maximum Gasteiger partial charge on any atom is 0.147 e. The molecule has 4 rings (SSSR count). The topological polar surface area (TPSA) is 57.7 Å². The molecule has 0 amide bonds. The number of nitrogens with zero attached hydrogens (tertiary/aromatic N) is 5. The Hall–Kier alpha value is -3.20. The molecule has 0 spiro atoms. The van der Waals surface area contributed by atoms with Crippen LogP contribution in [0.1, 0.15) is 28.1 Å². The third-order valence-electron chi connectivity index (χ3n) is 4.42. The van der Waals surface area contributed by atoms with Crippen molar-refractivity contribution in [2.75, 3.05) is 4.90 Å². The van der Waals surface area contributed by atoms with Crippen LogP contribution in [0.2, 0.25) is 0 Å². The first-order valence-electron chi connectivity index (χ1n) is 8.05. The molecule has 0 bridgehead atoms. The number of hydrogen-bond acceptors (Lipinski definition) is 4. The van der Waals surface area contributed by atoms with Crippen molar-refractivity contribution in [1.29, 1.82) is 5.26 Å². The van der Waals surface area contributed by atoms with Gasteiger partial charge in [0.1, 0.15) is 17.7 Å². The van der Waals surface area contributed by atoms with E-state index in [2.05, 4.69) is 21.1 Å². The van der Waals surface area contributed by atoms with Gasteiger partial charge in [-0.15, -0.1) is 0 Å². The lowest BCUT2D eigenvalue weighted by molar-refractivity contribution is 0.620. The first-order valence-corrected chi connectivity index (χ1v) is 8.05. The molecular weight excluding hydrogens is 317 g/mol. The van der Waals surface area contributed by atoms with E-state index in [9.17, 15) is 9.65 Å². The summed E-state index contributed by atoms with van der Waals surface area (Å²) in [6.45, 7) is 3.85. The zero-order valence-electron chi connectivity index (χ0n) is 13.8. The summed E-state index contributed by atoms with van der Waals surface area (Å²) < 4.78 is 15.0. The molecule has 1 aromatic carbocycles. The number of benzene rings is 1. The van der Waals surface area contributed by atoms with Crippen molar-refractivity contribution in [2.45, 2.75) is 26.6 Å². The van der Waals surface area contributed by atoms with Crippen LogP contribution in [0, 0.1) is 24.1 Å². The van der Waals surface area contributed by atoms with Gasteiger partial charge >= 0.3 is 0 Å². The summed E-state index contributed by atoms with van der Waals surface area (Å²) in [5.74, 6) is 0.474. The Morgan fingerprint density at radius 3 is 2.72 bits per heavy atom. The molecule has 0 aliphatic carbocycles. The van der Waals surface area contributed by atoms with Crippen LogP contribution in [0.5, 0.6) is 0 Å². The van der Waals surface area contributed by atoms with Gasteiger partial charge in [-0.25, -0.2) is 9.37 Å². The van der Waals surface area contributed by atoms with Crippen LogP contribution in [0.25, 0.3) is 0 Å². The summed E-state index contributed by atoms with van der Waals surface area (Å²) in [5.41, 5.74) is 4.70. The number of anilines is 1. The number of nitriles is 1. The van der Waals surface area contributed by atoms with E-state index >= 15 is 0 Å². The zero-order valence-corrected chi connectivity index (χ0v) is 13.8. The van der Waals surface area contributed by atoms with Crippen LogP contribution in [-0.2, 0) is 19.6 Å². The first kappa shape index (κ1) is 15.3. The van der Waals surface area contributed by atoms with Gasteiger partial charge in [0.15, 0.2) is 0 Å². The molecule has 3 heterocycles. The quantitative estimate of drug-likeness (QED) is 0.739. The standard InChI is InChI=1S/C19H16FN5/c1-13-2-5-15(8-21)19(23-13)24-11-16-9-22-25(18(16)12-24)10-14-3-6-17(20)7-4-14/h2-7,9H,10-12H2,1H3. The lowest BCUT2D eigenvalue weighted by Gasteiger charge is -2.19. The van der Waals surface area contributed by atoms with E-state index in [4.69, 9.17) is 0 Å². The predicted molar refractivity (Wildman–Crippen MR) is 91.3 cm³/mol. The Bertz CT molecular complexity index is 968. The Labute approximate surface area is 145 Å². The van der Waals surface area contributed by atoms with Crippen molar-refractivity contribution in [2.24, 2.45) is 0 Å². The molecule has 0 saturated heterocycles. The number of aromatic nitrogens is 3. The van der Waals surface area contributed by atoms with E-state index < -0.39 is 0 Å². The average molecular weight is 333 g/mol. The highest BCUT2D eigenvalue weighted by atomic mass is 19.1. The minimum Gasteiger partial charge on any atom is -0.345 e. The number of hydrogen-bond donors (Lipinski definition) is 0. The highest BCUT2D eigenvalue weighted by molar-refractivity contribution is 5.56. The van der Waals surface area contributed by atoms with Gasteiger partial charge in [-0.2, -0.15) is 10.4 Å². The maximum atomic E-state index is 13.1. The largest absolute Gasteiger partial charge is 0.345 e. The van der Waals surface area contributed by atoms with Gasteiger partial charge in [0.2, 0.25) is 0 Å². The van der Waals surface area contributed by atoms with Gasteiger partial charge < -0.3 is 4.90 Å². The SMILES string of the molecule is Cc1ccc(C#N)c(N2Cc3cnn(Cc4ccc(F)cc4)c3C2)n1. The first-order chi connectivity index (χ1) is 12.1. The Kier molecular flexibility index (Phi) is 3.69. The van der Waals surface area contributed by atoms with Gasteiger partial charge in [-0.05, 0) is 36.8 Å². The van der Waals surface area contributed by atoms with Gasteiger partial charge in [0.25, 0.3) is 0 Å². The van der Waals surface area contributed by atoms with Crippen LogP contribution >= 0.6 is 0 Å². The average Bonchev–Trinajstić information content (AvgIpc) is 3.19. The third-order valence-corrected chi connectivity index (χ3v) is 4.42.